The monoisotopic (exact) mass is 401 g/mol. The van der Waals surface area contributed by atoms with Gasteiger partial charge in [0, 0.05) is 11.6 Å². The first kappa shape index (κ1) is 18.5. The average Bonchev–Trinajstić information content (AvgIpc) is 3.15. The first-order chi connectivity index (χ1) is 13.3. The number of aliphatic hydroxyl groups excluding tert-OH is 1. The van der Waals surface area contributed by atoms with Gasteiger partial charge >= 0.3 is 0 Å². The minimum absolute atomic E-state index is 0.121. The fourth-order valence-corrected chi connectivity index (χ4v) is 4.31. The van der Waals surface area contributed by atoms with Crippen LogP contribution in [-0.4, -0.2) is 50.4 Å². The number of nitrogens with zero attached hydrogens (tertiary/aromatic N) is 5. The van der Waals surface area contributed by atoms with Crippen molar-refractivity contribution < 1.29 is 13.5 Å². The van der Waals surface area contributed by atoms with E-state index in [1.54, 1.807) is 18.2 Å². The Morgan fingerprint density at radius 2 is 2.11 bits per heavy atom. The highest BCUT2D eigenvalue weighted by Crippen LogP contribution is 2.28. The molecule has 3 aromatic rings. The van der Waals surface area contributed by atoms with Crippen LogP contribution in [0.4, 0.5) is 5.82 Å². The van der Waals surface area contributed by atoms with Gasteiger partial charge in [-0.15, -0.1) is 0 Å². The lowest BCUT2D eigenvalue weighted by molar-refractivity contribution is 0.0712. The number of aliphatic hydroxyl groups is 1. The molecule has 0 atom stereocenters. The van der Waals surface area contributed by atoms with E-state index >= 15 is 0 Å². The molecule has 146 valence electrons. The van der Waals surface area contributed by atoms with E-state index in [0.717, 1.165) is 5.56 Å². The second kappa shape index (κ2) is 6.93. The number of nitrogens with two attached hydrogens (primary N) is 1. The van der Waals surface area contributed by atoms with E-state index in [2.05, 4.69) is 24.8 Å². The molecule has 0 unspecified atom stereocenters. The van der Waals surface area contributed by atoms with Crippen molar-refractivity contribution in [2.45, 2.75) is 36.8 Å². The Balaban J connectivity index is 1.71. The molecule has 10 nitrogen and oxygen atoms in total. The highest BCUT2D eigenvalue weighted by molar-refractivity contribution is 7.89. The second-order valence-corrected chi connectivity index (χ2v) is 8.44. The van der Waals surface area contributed by atoms with Crippen LogP contribution in [0.25, 0.3) is 17.1 Å². The van der Waals surface area contributed by atoms with Crippen molar-refractivity contribution in [1.29, 1.82) is 0 Å². The average molecular weight is 401 g/mol. The molecular formula is C17H19N7O3S. The van der Waals surface area contributed by atoms with Gasteiger partial charge in [-0.2, -0.15) is 9.78 Å². The van der Waals surface area contributed by atoms with Crippen LogP contribution in [0.5, 0.6) is 0 Å². The zero-order valence-electron chi connectivity index (χ0n) is 15.0. The number of hydrogen-bond donors (Lipinski definition) is 3. The smallest absolute Gasteiger partial charge is 0.240 e. The number of nitrogens with one attached hydrogen (secondary N) is 1. The van der Waals surface area contributed by atoms with E-state index in [1.165, 1.54) is 23.5 Å². The topological polar surface area (TPSA) is 149 Å². The number of rotatable bonds is 5. The Kier molecular flexibility index (Phi) is 4.57. The van der Waals surface area contributed by atoms with E-state index in [4.69, 9.17) is 5.73 Å². The van der Waals surface area contributed by atoms with Gasteiger partial charge in [-0.25, -0.2) is 28.1 Å². The summed E-state index contributed by atoms with van der Waals surface area (Å²) in [5.41, 5.74) is 7.81. The molecule has 28 heavy (non-hydrogen) atoms. The van der Waals surface area contributed by atoms with Crippen LogP contribution in [0, 0.1) is 6.92 Å². The maximum Gasteiger partial charge on any atom is 0.240 e. The molecule has 0 spiro atoms. The van der Waals surface area contributed by atoms with Crippen molar-refractivity contribution >= 4 is 15.8 Å². The van der Waals surface area contributed by atoms with Gasteiger partial charge < -0.3 is 10.8 Å². The molecule has 0 radical (unpaired) electrons. The third kappa shape index (κ3) is 3.46. The Morgan fingerprint density at radius 1 is 1.32 bits per heavy atom. The summed E-state index contributed by atoms with van der Waals surface area (Å²) < 4.78 is 29.4. The quantitative estimate of drug-likeness (QED) is 0.557. The lowest BCUT2D eigenvalue weighted by Crippen LogP contribution is -2.46. The first-order valence-electron chi connectivity index (χ1n) is 8.62. The van der Waals surface area contributed by atoms with Crippen LogP contribution < -0.4 is 10.5 Å². The molecule has 1 aliphatic rings. The van der Waals surface area contributed by atoms with E-state index in [0.29, 0.717) is 29.9 Å². The fourth-order valence-electron chi connectivity index (χ4n) is 3.02. The van der Waals surface area contributed by atoms with Crippen LogP contribution in [-0.2, 0) is 10.0 Å². The Hall–Kier alpha value is -2.89. The Morgan fingerprint density at radius 3 is 2.79 bits per heavy atom. The molecule has 1 aliphatic carbocycles. The molecule has 1 fully saturated rings. The van der Waals surface area contributed by atoms with Crippen LogP contribution >= 0.6 is 0 Å². The molecule has 1 aromatic carbocycles. The molecule has 0 bridgehead atoms. The molecule has 0 saturated heterocycles. The van der Waals surface area contributed by atoms with Crippen molar-refractivity contribution in [1.82, 2.24) is 29.5 Å². The summed E-state index contributed by atoms with van der Waals surface area (Å²) in [4.78, 5) is 12.6. The number of nitrogen functional groups attached to an aromatic ring is 1. The first-order valence-corrected chi connectivity index (χ1v) is 10.1. The summed E-state index contributed by atoms with van der Waals surface area (Å²) in [6.07, 6.45) is 4.70. The van der Waals surface area contributed by atoms with Crippen molar-refractivity contribution in [2.24, 2.45) is 0 Å². The van der Waals surface area contributed by atoms with Crippen LogP contribution in [0.3, 0.4) is 0 Å². The lowest BCUT2D eigenvalue weighted by atomic mass is 9.91. The molecule has 2 aromatic heterocycles. The molecule has 0 amide bonds. The van der Waals surface area contributed by atoms with E-state index in [9.17, 15) is 13.5 Å². The van der Waals surface area contributed by atoms with Crippen LogP contribution in [0.1, 0.15) is 18.4 Å². The summed E-state index contributed by atoms with van der Waals surface area (Å²) in [6, 6.07) is 4.56. The maximum atomic E-state index is 12.7. The van der Waals surface area contributed by atoms with Crippen LogP contribution in [0.2, 0.25) is 0 Å². The summed E-state index contributed by atoms with van der Waals surface area (Å²) in [7, 11) is -3.71. The van der Waals surface area contributed by atoms with Crippen molar-refractivity contribution in [3.63, 3.8) is 0 Å². The molecule has 2 heterocycles. The van der Waals surface area contributed by atoms with Gasteiger partial charge in [0.1, 0.15) is 12.7 Å². The van der Waals surface area contributed by atoms with Gasteiger partial charge in [0.25, 0.3) is 0 Å². The second-order valence-electron chi connectivity index (χ2n) is 6.72. The summed E-state index contributed by atoms with van der Waals surface area (Å²) in [5.74, 6) is 0.491. The predicted molar refractivity (Wildman–Crippen MR) is 101 cm³/mol. The van der Waals surface area contributed by atoms with Gasteiger partial charge in [-0.1, -0.05) is 6.07 Å². The standard InChI is InChI=1S/C17H19N7O3S/c1-10-2-3-13(28(26,27)23-11-4-12(25)5-11)6-14(10)15-7-20-16(18)17(22-15)24-9-19-8-21-24/h2-3,6-9,11-12,23,25H,4-5H2,1H3,(H2,18,20)/t11-,12-. The Labute approximate surface area is 161 Å². The molecular weight excluding hydrogens is 382 g/mol. The van der Waals surface area contributed by atoms with Gasteiger partial charge in [0.05, 0.1) is 22.9 Å². The van der Waals surface area contributed by atoms with E-state index in [1.807, 2.05) is 6.92 Å². The van der Waals surface area contributed by atoms with E-state index in [-0.39, 0.29) is 16.8 Å². The minimum atomic E-state index is -3.71. The summed E-state index contributed by atoms with van der Waals surface area (Å²) in [5, 5.41) is 13.4. The number of benzene rings is 1. The number of sulfonamides is 1. The normalized spacial score (nSPS) is 19.4. The summed E-state index contributed by atoms with van der Waals surface area (Å²) >= 11 is 0. The number of aryl methyl sites for hydroxylation is 1. The number of aromatic nitrogens is 5. The fraction of sp³-hybridized carbons (Fsp3) is 0.294. The molecule has 11 heteroatoms. The summed E-state index contributed by atoms with van der Waals surface area (Å²) in [6.45, 7) is 1.86. The molecule has 1 saturated carbocycles. The third-order valence-electron chi connectivity index (χ3n) is 4.65. The van der Waals surface area contributed by atoms with Crippen molar-refractivity contribution in [3.8, 4) is 17.1 Å². The zero-order chi connectivity index (χ0) is 19.9. The van der Waals surface area contributed by atoms with Gasteiger partial charge in [-0.05, 0) is 37.5 Å². The molecule has 4 N–H and O–H groups in total. The highest BCUT2D eigenvalue weighted by Gasteiger charge is 2.31. The predicted octanol–water partition coefficient (Wildman–Crippen LogP) is 0.417. The zero-order valence-corrected chi connectivity index (χ0v) is 15.8. The van der Waals surface area contributed by atoms with Gasteiger partial charge in [0.2, 0.25) is 10.0 Å². The van der Waals surface area contributed by atoms with Crippen LogP contribution in [0.15, 0.2) is 41.9 Å². The largest absolute Gasteiger partial charge is 0.393 e. The number of anilines is 1. The van der Waals surface area contributed by atoms with Gasteiger partial charge in [0.15, 0.2) is 11.6 Å². The third-order valence-corrected chi connectivity index (χ3v) is 6.17. The lowest BCUT2D eigenvalue weighted by Gasteiger charge is -2.31. The maximum absolute atomic E-state index is 12.7. The Bertz CT molecular complexity index is 1110. The van der Waals surface area contributed by atoms with Gasteiger partial charge in [-0.3, -0.25) is 0 Å². The molecule has 0 aliphatic heterocycles. The SMILES string of the molecule is Cc1ccc(S(=O)(=O)N[C@H]2C[C@H](O)C2)cc1-c1cnc(N)c(-n2cncn2)n1. The molecule has 4 rings (SSSR count). The van der Waals surface area contributed by atoms with Crippen molar-refractivity contribution in [2.75, 3.05) is 5.73 Å². The number of hydrogen-bond acceptors (Lipinski definition) is 8. The highest BCUT2D eigenvalue weighted by atomic mass is 32.2. The minimum Gasteiger partial charge on any atom is -0.393 e. The van der Waals surface area contributed by atoms with E-state index < -0.39 is 16.1 Å². The van der Waals surface area contributed by atoms with Crippen molar-refractivity contribution in [3.05, 3.63) is 42.6 Å².